The number of urea groups is 1. The van der Waals surface area contributed by atoms with Crippen molar-refractivity contribution in [3.63, 3.8) is 0 Å². The summed E-state index contributed by atoms with van der Waals surface area (Å²) in [5.74, 6) is 0.670. The summed E-state index contributed by atoms with van der Waals surface area (Å²) in [5.41, 5.74) is 3.11. The molecule has 7 heteroatoms. The molecule has 0 bridgehead atoms. The summed E-state index contributed by atoms with van der Waals surface area (Å²) in [4.78, 5) is 27.2. The third-order valence-corrected chi connectivity index (χ3v) is 5.62. The molecule has 0 spiro atoms. The first-order chi connectivity index (χ1) is 15.0. The van der Waals surface area contributed by atoms with Crippen molar-refractivity contribution < 1.29 is 14.3 Å². The summed E-state index contributed by atoms with van der Waals surface area (Å²) < 4.78 is 5.57. The van der Waals surface area contributed by atoms with Crippen LogP contribution in [0.4, 0.5) is 10.5 Å². The summed E-state index contributed by atoms with van der Waals surface area (Å²) in [5, 5.41) is 8.68. The van der Waals surface area contributed by atoms with Gasteiger partial charge in [-0.05, 0) is 63.5 Å². The van der Waals surface area contributed by atoms with Crippen LogP contribution in [0.5, 0.6) is 5.75 Å². The van der Waals surface area contributed by atoms with Crippen LogP contribution >= 0.6 is 0 Å². The number of nitrogens with zero attached hydrogens (tertiary/aromatic N) is 1. The van der Waals surface area contributed by atoms with Crippen molar-refractivity contribution in [2.24, 2.45) is 0 Å². The van der Waals surface area contributed by atoms with Gasteiger partial charge < -0.3 is 20.7 Å². The van der Waals surface area contributed by atoms with Crippen LogP contribution in [0, 0.1) is 6.92 Å². The number of carbonyl (C=O) groups excluding carboxylic acids is 2. The number of nitrogens with one attached hydrogen (secondary N) is 3. The topological polar surface area (TPSA) is 82.7 Å². The Morgan fingerprint density at radius 2 is 1.84 bits per heavy atom. The van der Waals surface area contributed by atoms with Crippen LogP contribution in [0.25, 0.3) is 0 Å². The Bertz CT molecular complexity index is 909. The molecule has 1 aliphatic heterocycles. The Morgan fingerprint density at radius 1 is 1.10 bits per heavy atom. The van der Waals surface area contributed by atoms with E-state index in [-0.39, 0.29) is 18.0 Å². The minimum atomic E-state index is -0.296. The fourth-order valence-electron chi connectivity index (χ4n) is 3.95. The number of likely N-dealkylation sites (tertiary alicyclic amines) is 1. The highest BCUT2D eigenvalue weighted by Gasteiger charge is 2.26. The number of methoxy groups -OCH3 is 1. The lowest BCUT2D eigenvalue weighted by Crippen LogP contribution is -2.38. The van der Waals surface area contributed by atoms with Gasteiger partial charge in [0.05, 0.1) is 13.2 Å². The van der Waals surface area contributed by atoms with Gasteiger partial charge in [0.2, 0.25) is 0 Å². The van der Waals surface area contributed by atoms with Crippen LogP contribution in [0.1, 0.15) is 47.3 Å². The Morgan fingerprint density at radius 3 is 2.55 bits per heavy atom. The number of hydrogen-bond donors (Lipinski definition) is 3. The normalized spacial score (nSPS) is 14.7. The largest absolute Gasteiger partial charge is 0.496 e. The summed E-state index contributed by atoms with van der Waals surface area (Å²) in [7, 11) is 1.67. The van der Waals surface area contributed by atoms with E-state index in [0.29, 0.717) is 24.3 Å². The molecule has 2 aromatic rings. The van der Waals surface area contributed by atoms with Crippen molar-refractivity contribution in [2.75, 3.05) is 38.6 Å². The fourth-order valence-corrected chi connectivity index (χ4v) is 3.95. The summed E-state index contributed by atoms with van der Waals surface area (Å²) in [6.07, 6.45) is 2.31. The fraction of sp³-hybridized carbons (Fsp3) is 0.417. The molecule has 1 unspecified atom stereocenters. The van der Waals surface area contributed by atoms with Gasteiger partial charge in [0.25, 0.3) is 5.91 Å². The van der Waals surface area contributed by atoms with Crippen molar-refractivity contribution in [3.05, 3.63) is 59.2 Å². The van der Waals surface area contributed by atoms with E-state index in [0.717, 1.165) is 42.8 Å². The van der Waals surface area contributed by atoms with E-state index in [1.54, 1.807) is 19.2 Å². The molecule has 0 aromatic heterocycles. The highest BCUT2D eigenvalue weighted by Crippen LogP contribution is 2.31. The molecule has 31 heavy (non-hydrogen) atoms. The Hall–Kier alpha value is -3.06. The minimum Gasteiger partial charge on any atom is -0.496 e. The molecule has 3 N–H and O–H groups in total. The maximum atomic E-state index is 12.7. The SMILES string of the molecule is CCNC(=O)c1ccc(C)c(NC(=O)NCC(c2ccccc2OC)N2CCCC2)c1. The molecule has 0 saturated carbocycles. The number of rotatable bonds is 8. The second kappa shape index (κ2) is 10.8. The predicted molar refractivity (Wildman–Crippen MR) is 123 cm³/mol. The summed E-state index contributed by atoms with van der Waals surface area (Å²) >= 11 is 0. The number of ether oxygens (including phenoxy) is 1. The van der Waals surface area contributed by atoms with E-state index >= 15 is 0 Å². The molecule has 1 fully saturated rings. The number of amides is 3. The lowest BCUT2D eigenvalue weighted by Gasteiger charge is -2.29. The van der Waals surface area contributed by atoms with Gasteiger partial charge in [-0.3, -0.25) is 9.69 Å². The van der Waals surface area contributed by atoms with Crippen molar-refractivity contribution in [1.29, 1.82) is 0 Å². The van der Waals surface area contributed by atoms with Crippen molar-refractivity contribution in [1.82, 2.24) is 15.5 Å². The van der Waals surface area contributed by atoms with E-state index < -0.39 is 0 Å². The average Bonchev–Trinajstić information content (AvgIpc) is 3.30. The average molecular weight is 425 g/mol. The number of aryl methyl sites for hydroxylation is 1. The minimum absolute atomic E-state index is 0.0344. The van der Waals surface area contributed by atoms with Gasteiger partial charge in [0.15, 0.2) is 0 Å². The van der Waals surface area contributed by atoms with Gasteiger partial charge >= 0.3 is 6.03 Å². The van der Waals surface area contributed by atoms with E-state index in [9.17, 15) is 9.59 Å². The Balaban J connectivity index is 1.70. The molecule has 7 nitrogen and oxygen atoms in total. The molecule has 3 rings (SSSR count). The molecule has 2 aromatic carbocycles. The van der Waals surface area contributed by atoms with E-state index in [4.69, 9.17) is 4.74 Å². The van der Waals surface area contributed by atoms with E-state index in [2.05, 4.69) is 26.9 Å². The first kappa shape index (κ1) is 22.6. The summed E-state index contributed by atoms with van der Waals surface area (Å²) in [6, 6.07) is 13.0. The van der Waals surface area contributed by atoms with Crippen molar-refractivity contribution >= 4 is 17.6 Å². The Labute approximate surface area is 184 Å². The number of benzene rings is 2. The van der Waals surface area contributed by atoms with Gasteiger partial charge in [0.1, 0.15) is 5.75 Å². The number of carbonyl (C=O) groups is 2. The first-order valence-corrected chi connectivity index (χ1v) is 10.8. The van der Waals surface area contributed by atoms with Crippen molar-refractivity contribution in [2.45, 2.75) is 32.7 Å². The van der Waals surface area contributed by atoms with Crippen LogP contribution in [-0.2, 0) is 0 Å². The molecule has 166 valence electrons. The van der Waals surface area contributed by atoms with Gasteiger partial charge in [-0.15, -0.1) is 0 Å². The van der Waals surface area contributed by atoms with E-state index in [1.807, 2.05) is 38.1 Å². The van der Waals surface area contributed by atoms with Crippen molar-refractivity contribution in [3.8, 4) is 5.75 Å². The van der Waals surface area contributed by atoms with Crippen LogP contribution < -0.4 is 20.7 Å². The molecular weight excluding hydrogens is 392 g/mol. The maximum absolute atomic E-state index is 12.7. The van der Waals surface area contributed by atoms with Gasteiger partial charge in [0, 0.05) is 29.9 Å². The first-order valence-electron chi connectivity index (χ1n) is 10.8. The molecule has 0 radical (unpaired) electrons. The smallest absolute Gasteiger partial charge is 0.319 e. The summed E-state index contributed by atoms with van der Waals surface area (Å²) in [6.45, 7) is 6.79. The molecule has 0 aliphatic carbocycles. The standard InChI is InChI=1S/C24H32N4O3/c1-4-25-23(29)18-12-11-17(2)20(15-18)27-24(30)26-16-21(28-13-7-8-14-28)19-9-5-6-10-22(19)31-3/h5-6,9-12,15,21H,4,7-8,13-14,16H2,1-3H3,(H,25,29)(H2,26,27,30). The van der Waals surface area contributed by atoms with E-state index in [1.165, 1.54) is 0 Å². The molecule has 1 heterocycles. The van der Waals surface area contributed by atoms with Crippen LogP contribution in [0.2, 0.25) is 0 Å². The molecule has 3 amide bonds. The van der Waals surface area contributed by atoms with Crippen LogP contribution in [0.3, 0.4) is 0 Å². The highest BCUT2D eigenvalue weighted by atomic mass is 16.5. The van der Waals surface area contributed by atoms with Crippen LogP contribution in [-0.4, -0.2) is 50.1 Å². The second-order valence-electron chi connectivity index (χ2n) is 7.73. The Kier molecular flexibility index (Phi) is 7.89. The lowest BCUT2D eigenvalue weighted by molar-refractivity contribution is 0.0956. The predicted octanol–water partition coefficient (Wildman–Crippen LogP) is 3.71. The monoisotopic (exact) mass is 424 g/mol. The van der Waals surface area contributed by atoms with Gasteiger partial charge in [-0.2, -0.15) is 0 Å². The highest BCUT2D eigenvalue weighted by molar-refractivity contribution is 5.97. The molecule has 1 saturated heterocycles. The third-order valence-electron chi connectivity index (χ3n) is 5.62. The molecule has 1 atom stereocenters. The number of para-hydroxylation sites is 1. The molecular formula is C24H32N4O3. The maximum Gasteiger partial charge on any atom is 0.319 e. The number of hydrogen-bond acceptors (Lipinski definition) is 4. The molecule has 1 aliphatic rings. The zero-order valence-electron chi connectivity index (χ0n) is 18.5. The second-order valence-corrected chi connectivity index (χ2v) is 7.73. The third kappa shape index (κ3) is 5.76. The number of anilines is 1. The zero-order valence-corrected chi connectivity index (χ0v) is 18.5. The lowest BCUT2D eigenvalue weighted by atomic mass is 10.0. The zero-order chi connectivity index (χ0) is 22.2. The van der Waals surface area contributed by atoms with Gasteiger partial charge in [-0.1, -0.05) is 24.3 Å². The quantitative estimate of drug-likeness (QED) is 0.603. The van der Waals surface area contributed by atoms with Gasteiger partial charge in [-0.25, -0.2) is 4.79 Å². The van der Waals surface area contributed by atoms with Crippen LogP contribution in [0.15, 0.2) is 42.5 Å².